The molecule has 1 aromatic carbocycles. The lowest BCUT2D eigenvalue weighted by Crippen LogP contribution is -2.38. The molecule has 1 aromatic rings. The van der Waals surface area contributed by atoms with E-state index in [1.165, 1.54) is 6.07 Å². The van der Waals surface area contributed by atoms with Crippen molar-refractivity contribution in [1.82, 2.24) is 10.2 Å². The van der Waals surface area contributed by atoms with Crippen molar-refractivity contribution in [3.63, 3.8) is 0 Å². The van der Waals surface area contributed by atoms with Gasteiger partial charge in [-0.2, -0.15) is 0 Å². The third-order valence-electron chi connectivity index (χ3n) is 4.23. The monoisotopic (exact) mass is 278 g/mol. The minimum Gasteiger partial charge on any atom is -0.379 e. The van der Waals surface area contributed by atoms with Gasteiger partial charge in [0.15, 0.2) is 0 Å². The van der Waals surface area contributed by atoms with Crippen molar-refractivity contribution < 1.29 is 13.9 Å². The Morgan fingerprint density at radius 1 is 1.45 bits per heavy atom. The van der Waals surface area contributed by atoms with E-state index < -0.39 is 0 Å². The first-order valence-corrected chi connectivity index (χ1v) is 7.04. The number of likely N-dealkylation sites (N-methyl/N-ethyl adjacent to an activating group) is 1. The highest BCUT2D eigenvalue weighted by molar-refractivity contribution is 5.96. The molecule has 0 bridgehead atoms. The van der Waals surface area contributed by atoms with E-state index in [-0.39, 0.29) is 17.8 Å². The molecule has 1 amide bonds. The minimum atomic E-state index is -0.226. The number of nitrogens with zero attached hydrogens (tertiary/aromatic N) is 1. The number of ether oxygens (including phenoxy) is 1. The maximum Gasteiger partial charge on any atom is 0.254 e. The number of carbonyl (C=O) groups excluding carboxylic acids is 1. The van der Waals surface area contributed by atoms with Crippen LogP contribution < -0.4 is 5.32 Å². The quantitative estimate of drug-likeness (QED) is 0.887. The zero-order valence-corrected chi connectivity index (χ0v) is 11.6. The number of amides is 1. The molecule has 2 heterocycles. The number of benzene rings is 1. The van der Waals surface area contributed by atoms with Gasteiger partial charge in [-0.3, -0.25) is 4.79 Å². The number of nitrogens with one attached hydrogen (secondary N) is 1. The molecule has 3 rings (SSSR count). The van der Waals surface area contributed by atoms with Crippen LogP contribution in [0.1, 0.15) is 27.9 Å². The highest BCUT2D eigenvalue weighted by Gasteiger charge is 2.28. The molecule has 20 heavy (non-hydrogen) atoms. The van der Waals surface area contributed by atoms with Crippen LogP contribution in [0.15, 0.2) is 12.1 Å². The summed E-state index contributed by atoms with van der Waals surface area (Å²) in [6.07, 6.45) is 1.57. The van der Waals surface area contributed by atoms with Gasteiger partial charge in [0.05, 0.1) is 12.6 Å². The lowest BCUT2D eigenvalue weighted by molar-refractivity contribution is 0.0709. The molecule has 108 valence electrons. The van der Waals surface area contributed by atoms with E-state index in [0.29, 0.717) is 37.3 Å². The summed E-state index contributed by atoms with van der Waals surface area (Å²) < 4.78 is 19.2. The molecule has 1 unspecified atom stereocenters. The van der Waals surface area contributed by atoms with Crippen LogP contribution in [0.3, 0.4) is 0 Å². The van der Waals surface area contributed by atoms with Gasteiger partial charge in [-0.1, -0.05) is 0 Å². The van der Waals surface area contributed by atoms with Crippen LogP contribution in [-0.4, -0.2) is 43.7 Å². The van der Waals surface area contributed by atoms with Crippen LogP contribution in [0.2, 0.25) is 0 Å². The molecule has 2 aliphatic rings. The molecule has 0 aromatic heterocycles. The van der Waals surface area contributed by atoms with Crippen LogP contribution in [0.5, 0.6) is 0 Å². The molecule has 1 saturated heterocycles. The summed E-state index contributed by atoms with van der Waals surface area (Å²) in [7, 11) is 1.80. The lowest BCUT2D eigenvalue weighted by Gasteiger charge is -2.26. The fourth-order valence-electron chi connectivity index (χ4n) is 2.95. The Morgan fingerprint density at radius 2 is 2.30 bits per heavy atom. The predicted octanol–water partition coefficient (Wildman–Crippen LogP) is 1.33. The van der Waals surface area contributed by atoms with Crippen molar-refractivity contribution in [2.75, 3.05) is 26.8 Å². The fourth-order valence-corrected chi connectivity index (χ4v) is 2.95. The Labute approximate surface area is 117 Å². The van der Waals surface area contributed by atoms with Gasteiger partial charge in [-0.15, -0.1) is 0 Å². The molecule has 0 radical (unpaired) electrons. The maximum absolute atomic E-state index is 13.8. The van der Waals surface area contributed by atoms with Gasteiger partial charge < -0.3 is 15.0 Å². The fraction of sp³-hybridized carbons (Fsp3) is 0.533. The first-order chi connectivity index (χ1) is 9.68. The third-order valence-corrected chi connectivity index (χ3v) is 4.23. The first kappa shape index (κ1) is 13.5. The molecule has 4 nitrogen and oxygen atoms in total. The van der Waals surface area contributed by atoms with Crippen LogP contribution in [0, 0.1) is 5.82 Å². The molecule has 1 atom stereocenters. The van der Waals surface area contributed by atoms with Crippen molar-refractivity contribution >= 4 is 5.91 Å². The smallest absolute Gasteiger partial charge is 0.254 e. The molecule has 2 aliphatic heterocycles. The zero-order valence-electron chi connectivity index (χ0n) is 11.6. The van der Waals surface area contributed by atoms with Gasteiger partial charge in [-0.25, -0.2) is 4.39 Å². The Morgan fingerprint density at radius 3 is 3.05 bits per heavy atom. The number of rotatable bonds is 2. The van der Waals surface area contributed by atoms with Crippen molar-refractivity contribution in [3.05, 3.63) is 34.6 Å². The van der Waals surface area contributed by atoms with Crippen molar-refractivity contribution in [2.24, 2.45) is 0 Å². The van der Waals surface area contributed by atoms with E-state index >= 15 is 0 Å². The van der Waals surface area contributed by atoms with Crippen LogP contribution >= 0.6 is 0 Å². The van der Waals surface area contributed by atoms with Gasteiger partial charge in [0.1, 0.15) is 5.82 Å². The summed E-state index contributed by atoms with van der Waals surface area (Å²) in [4.78, 5) is 14.4. The van der Waals surface area contributed by atoms with E-state index in [2.05, 4.69) is 5.32 Å². The second kappa shape index (κ2) is 5.50. The predicted molar refractivity (Wildman–Crippen MR) is 73.1 cm³/mol. The Bertz CT molecular complexity index is 527. The summed E-state index contributed by atoms with van der Waals surface area (Å²) in [5.74, 6) is -0.255. The average molecular weight is 278 g/mol. The van der Waals surface area contributed by atoms with E-state index in [4.69, 9.17) is 4.74 Å². The number of hydrogen-bond donors (Lipinski definition) is 1. The summed E-state index contributed by atoms with van der Waals surface area (Å²) in [6.45, 7) is 2.58. The maximum atomic E-state index is 13.8. The number of hydrogen-bond acceptors (Lipinski definition) is 3. The average Bonchev–Trinajstić information content (AvgIpc) is 3.01. The van der Waals surface area contributed by atoms with Gasteiger partial charge in [0.2, 0.25) is 0 Å². The number of carbonyl (C=O) groups is 1. The topological polar surface area (TPSA) is 41.6 Å². The van der Waals surface area contributed by atoms with Crippen molar-refractivity contribution in [3.8, 4) is 0 Å². The van der Waals surface area contributed by atoms with Gasteiger partial charge in [-0.05, 0) is 37.1 Å². The van der Waals surface area contributed by atoms with Gasteiger partial charge in [0.25, 0.3) is 5.91 Å². The highest BCUT2D eigenvalue weighted by Crippen LogP contribution is 2.24. The van der Waals surface area contributed by atoms with Crippen LogP contribution in [0.25, 0.3) is 0 Å². The van der Waals surface area contributed by atoms with Crippen molar-refractivity contribution in [1.29, 1.82) is 0 Å². The number of fused-ring (bicyclic) bond motifs is 1. The summed E-state index contributed by atoms with van der Waals surface area (Å²) in [5, 5.41) is 3.15. The standard InChI is InChI=1S/C15H19FN2O2/c1-18(10-5-7-20-9-10)15(19)12-2-3-14(16)13-8-17-6-4-11(12)13/h2-3,10,17H,4-9H2,1H3. The molecular formula is C15H19FN2O2. The van der Waals surface area contributed by atoms with E-state index in [1.807, 2.05) is 0 Å². The molecule has 1 N–H and O–H groups in total. The molecule has 0 aliphatic carbocycles. The lowest BCUT2D eigenvalue weighted by atomic mass is 9.94. The molecule has 5 heteroatoms. The third kappa shape index (κ3) is 2.31. The highest BCUT2D eigenvalue weighted by atomic mass is 19.1. The Hall–Kier alpha value is -1.46. The zero-order chi connectivity index (χ0) is 14.1. The van der Waals surface area contributed by atoms with E-state index in [0.717, 1.165) is 18.5 Å². The normalized spacial score (nSPS) is 21.6. The van der Waals surface area contributed by atoms with Crippen LogP contribution in [-0.2, 0) is 17.7 Å². The SMILES string of the molecule is CN(C(=O)c1ccc(F)c2c1CCNC2)C1CCOC1. The van der Waals surface area contributed by atoms with E-state index in [1.54, 1.807) is 18.0 Å². The Balaban J connectivity index is 1.91. The summed E-state index contributed by atoms with van der Waals surface area (Å²) in [5.41, 5.74) is 2.13. The second-order valence-corrected chi connectivity index (χ2v) is 5.41. The van der Waals surface area contributed by atoms with E-state index in [9.17, 15) is 9.18 Å². The van der Waals surface area contributed by atoms with Crippen LogP contribution in [0.4, 0.5) is 4.39 Å². The van der Waals surface area contributed by atoms with Gasteiger partial charge >= 0.3 is 0 Å². The largest absolute Gasteiger partial charge is 0.379 e. The minimum absolute atomic E-state index is 0.0290. The first-order valence-electron chi connectivity index (χ1n) is 7.04. The van der Waals surface area contributed by atoms with Gasteiger partial charge in [0, 0.05) is 31.3 Å². The summed E-state index contributed by atoms with van der Waals surface area (Å²) in [6, 6.07) is 3.15. The molecule has 0 saturated carbocycles. The second-order valence-electron chi connectivity index (χ2n) is 5.41. The molecular weight excluding hydrogens is 259 g/mol. The Kier molecular flexibility index (Phi) is 3.72. The number of halogens is 1. The summed E-state index contributed by atoms with van der Waals surface area (Å²) >= 11 is 0. The molecule has 1 fully saturated rings. The molecule has 0 spiro atoms. The van der Waals surface area contributed by atoms with Crippen molar-refractivity contribution in [2.45, 2.75) is 25.4 Å².